The summed E-state index contributed by atoms with van der Waals surface area (Å²) in [6.45, 7) is 0.902. The van der Waals surface area contributed by atoms with Crippen LogP contribution < -0.4 is 5.73 Å². The Kier molecular flexibility index (Phi) is 2.07. The number of rotatable bonds is 1. The molecule has 3 nitrogen and oxygen atoms in total. The second kappa shape index (κ2) is 3.10. The molecule has 1 aliphatic heterocycles. The zero-order valence-electron chi connectivity index (χ0n) is 7.36. The van der Waals surface area contributed by atoms with E-state index >= 15 is 0 Å². The first-order chi connectivity index (χ1) is 6.26. The van der Waals surface area contributed by atoms with Crippen molar-refractivity contribution < 1.29 is 9.84 Å². The third-order valence-corrected chi connectivity index (χ3v) is 2.45. The Labute approximate surface area is 77.1 Å². The number of fused-ring (bicyclic) bond motifs is 1. The Morgan fingerprint density at radius 3 is 3.00 bits per heavy atom. The maximum Gasteiger partial charge on any atom is 0.0884 e. The fourth-order valence-corrected chi connectivity index (χ4v) is 1.68. The first kappa shape index (κ1) is 8.69. The number of hydrogen-bond acceptors (Lipinski definition) is 3. The van der Waals surface area contributed by atoms with Crippen molar-refractivity contribution in [3.8, 4) is 0 Å². The van der Waals surface area contributed by atoms with Gasteiger partial charge in [0.15, 0.2) is 0 Å². The van der Waals surface area contributed by atoms with Crippen LogP contribution in [0.25, 0.3) is 0 Å². The maximum atomic E-state index is 9.19. The summed E-state index contributed by atoms with van der Waals surface area (Å²) >= 11 is 0. The zero-order valence-corrected chi connectivity index (χ0v) is 7.36. The van der Waals surface area contributed by atoms with Crippen LogP contribution in [-0.4, -0.2) is 18.3 Å². The molecule has 1 unspecified atom stereocenters. The first-order valence-electron chi connectivity index (χ1n) is 4.32. The molecule has 1 atom stereocenters. The van der Waals surface area contributed by atoms with E-state index in [-0.39, 0.29) is 6.61 Å². The monoisotopic (exact) mass is 179 g/mol. The average molecular weight is 179 g/mol. The molecule has 3 heteroatoms. The lowest BCUT2D eigenvalue weighted by Crippen LogP contribution is -2.47. The van der Waals surface area contributed by atoms with Crippen molar-refractivity contribution in [1.82, 2.24) is 0 Å². The standard InChI is InChI=1S/C10H13NO2/c11-10(6-12)7-13-5-8-3-1-2-4-9(8)10/h1-4,12H,5-7,11H2. The summed E-state index contributed by atoms with van der Waals surface area (Å²) in [5, 5.41) is 9.19. The van der Waals surface area contributed by atoms with E-state index < -0.39 is 5.54 Å². The lowest BCUT2D eigenvalue weighted by atomic mass is 9.87. The Balaban J connectivity index is 2.48. The lowest BCUT2D eigenvalue weighted by Gasteiger charge is -2.33. The number of benzene rings is 1. The summed E-state index contributed by atoms with van der Waals surface area (Å²) < 4.78 is 5.32. The highest BCUT2D eigenvalue weighted by Crippen LogP contribution is 2.27. The number of nitrogens with two attached hydrogens (primary N) is 1. The summed E-state index contributed by atoms with van der Waals surface area (Å²) in [4.78, 5) is 0. The fourth-order valence-electron chi connectivity index (χ4n) is 1.68. The Bertz CT molecular complexity index is 314. The molecule has 0 bridgehead atoms. The van der Waals surface area contributed by atoms with Crippen LogP contribution in [0.1, 0.15) is 11.1 Å². The van der Waals surface area contributed by atoms with Gasteiger partial charge in [-0.1, -0.05) is 24.3 Å². The smallest absolute Gasteiger partial charge is 0.0884 e. The second-order valence-corrected chi connectivity index (χ2v) is 3.46. The molecule has 1 aromatic rings. The third-order valence-electron chi connectivity index (χ3n) is 2.45. The number of aliphatic hydroxyl groups excluding tert-OH is 1. The van der Waals surface area contributed by atoms with Crippen LogP contribution in [0.15, 0.2) is 24.3 Å². The predicted octanol–water partition coefficient (Wildman–Crippen LogP) is 0.363. The molecule has 0 spiro atoms. The van der Waals surface area contributed by atoms with Gasteiger partial charge in [-0.25, -0.2) is 0 Å². The van der Waals surface area contributed by atoms with E-state index in [9.17, 15) is 5.11 Å². The van der Waals surface area contributed by atoms with Gasteiger partial charge in [-0.05, 0) is 11.1 Å². The molecule has 1 heterocycles. The van der Waals surface area contributed by atoms with Gasteiger partial charge in [0.1, 0.15) is 0 Å². The maximum absolute atomic E-state index is 9.19. The molecule has 70 valence electrons. The third kappa shape index (κ3) is 1.35. The molecule has 0 saturated carbocycles. The second-order valence-electron chi connectivity index (χ2n) is 3.46. The van der Waals surface area contributed by atoms with Crippen LogP contribution >= 0.6 is 0 Å². The van der Waals surface area contributed by atoms with Gasteiger partial charge in [0.2, 0.25) is 0 Å². The highest BCUT2D eigenvalue weighted by Gasteiger charge is 2.32. The summed E-state index contributed by atoms with van der Waals surface area (Å²) in [5.74, 6) is 0. The van der Waals surface area contributed by atoms with E-state index in [0.717, 1.165) is 11.1 Å². The lowest BCUT2D eigenvalue weighted by molar-refractivity contribution is 0.0263. The van der Waals surface area contributed by atoms with E-state index in [4.69, 9.17) is 10.5 Å². The average Bonchev–Trinajstić information content (AvgIpc) is 2.19. The quantitative estimate of drug-likeness (QED) is 0.654. The molecule has 13 heavy (non-hydrogen) atoms. The van der Waals surface area contributed by atoms with Gasteiger partial charge < -0.3 is 15.6 Å². The summed E-state index contributed by atoms with van der Waals surface area (Å²) in [5.41, 5.74) is 7.36. The molecule has 0 aliphatic carbocycles. The topological polar surface area (TPSA) is 55.5 Å². The highest BCUT2D eigenvalue weighted by molar-refractivity contribution is 5.34. The van der Waals surface area contributed by atoms with Gasteiger partial charge in [0.05, 0.1) is 25.4 Å². The predicted molar refractivity (Wildman–Crippen MR) is 49.0 cm³/mol. The Morgan fingerprint density at radius 1 is 1.46 bits per heavy atom. The van der Waals surface area contributed by atoms with Crippen LogP contribution in [0.2, 0.25) is 0 Å². The van der Waals surface area contributed by atoms with Gasteiger partial charge >= 0.3 is 0 Å². The van der Waals surface area contributed by atoms with E-state index in [1.54, 1.807) is 0 Å². The van der Waals surface area contributed by atoms with Crippen molar-refractivity contribution in [2.45, 2.75) is 12.1 Å². The zero-order chi connectivity index (χ0) is 9.31. The molecule has 3 N–H and O–H groups in total. The number of ether oxygens (including phenoxy) is 1. The van der Waals surface area contributed by atoms with Crippen LogP contribution in [0.4, 0.5) is 0 Å². The molecule has 0 fully saturated rings. The van der Waals surface area contributed by atoms with Crippen LogP contribution in [-0.2, 0) is 16.9 Å². The minimum atomic E-state index is -0.713. The van der Waals surface area contributed by atoms with Gasteiger partial charge in [-0.3, -0.25) is 0 Å². The SMILES string of the molecule is NC1(CO)COCc2ccccc21. The van der Waals surface area contributed by atoms with Crippen LogP contribution in [0, 0.1) is 0 Å². The summed E-state index contributed by atoms with van der Waals surface area (Å²) in [6, 6.07) is 7.81. The van der Waals surface area contributed by atoms with Gasteiger partial charge in [-0.15, -0.1) is 0 Å². The molecular formula is C10H13NO2. The minimum Gasteiger partial charge on any atom is -0.394 e. The van der Waals surface area contributed by atoms with Crippen molar-refractivity contribution in [3.05, 3.63) is 35.4 Å². The van der Waals surface area contributed by atoms with Crippen molar-refractivity contribution in [2.24, 2.45) is 5.73 Å². The Hall–Kier alpha value is -0.900. The molecule has 1 aliphatic rings. The van der Waals surface area contributed by atoms with Crippen LogP contribution in [0.5, 0.6) is 0 Å². The first-order valence-corrected chi connectivity index (χ1v) is 4.32. The van der Waals surface area contributed by atoms with Crippen molar-refractivity contribution in [1.29, 1.82) is 0 Å². The van der Waals surface area contributed by atoms with E-state index in [2.05, 4.69) is 0 Å². The molecule has 0 aromatic heterocycles. The van der Waals surface area contributed by atoms with E-state index in [1.165, 1.54) is 0 Å². The van der Waals surface area contributed by atoms with E-state index in [0.29, 0.717) is 13.2 Å². The molecule has 0 saturated heterocycles. The number of aliphatic hydroxyl groups is 1. The van der Waals surface area contributed by atoms with Crippen molar-refractivity contribution >= 4 is 0 Å². The summed E-state index contributed by atoms with van der Waals surface area (Å²) in [6.07, 6.45) is 0. The highest BCUT2D eigenvalue weighted by atomic mass is 16.5. The largest absolute Gasteiger partial charge is 0.394 e. The molecule has 1 aromatic carbocycles. The van der Waals surface area contributed by atoms with Gasteiger partial charge in [-0.2, -0.15) is 0 Å². The molecule has 0 radical (unpaired) electrons. The van der Waals surface area contributed by atoms with Gasteiger partial charge in [0.25, 0.3) is 0 Å². The molecule has 0 amide bonds. The Morgan fingerprint density at radius 2 is 2.23 bits per heavy atom. The van der Waals surface area contributed by atoms with E-state index in [1.807, 2.05) is 24.3 Å². The normalized spacial score (nSPS) is 26.9. The summed E-state index contributed by atoms with van der Waals surface area (Å²) in [7, 11) is 0. The number of hydrogen-bond donors (Lipinski definition) is 2. The minimum absolute atomic E-state index is 0.0794. The molecular weight excluding hydrogens is 166 g/mol. The van der Waals surface area contributed by atoms with Crippen LogP contribution in [0.3, 0.4) is 0 Å². The van der Waals surface area contributed by atoms with Gasteiger partial charge in [0, 0.05) is 0 Å². The fraction of sp³-hybridized carbons (Fsp3) is 0.400. The van der Waals surface area contributed by atoms with Crippen molar-refractivity contribution in [3.63, 3.8) is 0 Å². The van der Waals surface area contributed by atoms with Crippen molar-refractivity contribution in [2.75, 3.05) is 13.2 Å². The molecule has 2 rings (SSSR count).